The molecule has 1 aromatic carbocycles. The number of hydrogen-bond acceptors (Lipinski definition) is 4. The van der Waals surface area contributed by atoms with Gasteiger partial charge in [0.25, 0.3) is 5.91 Å². The fourth-order valence-electron chi connectivity index (χ4n) is 1.76. The van der Waals surface area contributed by atoms with Crippen LogP contribution in [-0.2, 0) is 4.79 Å². The van der Waals surface area contributed by atoms with Crippen LogP contribution in [0.15, 0.2) is 54.0 Å². The molecule has 2 rings (SSSR count). The molecule has 1 fully saturated rings. The summed E-state index contributed by atoms with van der Waals surface area (Å²) in [6.07, 6.45) is 7.23. The fraction of sp³-hybridized carbons (Fsp3) is 0.125. The number of rotatable bonds is 5. The van der Waals surface area contributed by atoms with E-state index in [2.05, 4.69) is 6.58 Å². The van der Waals surface area contributed by atoms with Crippen molar-refractivity contribution in [3.05, 3.63) is 59.5 Å². The summed E-state index contributed by atoms with van der Waals surface area (Å²) >= 11 is 6.49. The zero-order chi connectivity index (χ0) is 15.2. The van der Waals surface area contributed by atoms with Crippen molar-refractivity contribution in [2.24, 2.45) is 0 Å². The van der Waals surface area contributed by atoms with E-state index in [9.17, 15) is 4.79 Å². The first kappa shape index (κ1) is 15.5. The van der Waals surface area contributed by atoms with Gasteiger partial charge in [0, 0.05) is 6.54 Å². The van der Waals surface area contributed by atoms with Gasteiger partial charge in [-0.15, -0.1) is 6.58 Å². The van der Waals surface area contributed by atoms with Gasteiger partial charge in [-0.1, -0.05) is 54.3 Å². The molecule has 21 heavy (non-hydrogen) atoms. The Balaban J connectivity index is 2.06. The first-order valence-corrected chi connectivity index (χ1v) is 7.55. The normalized spacial score (nSPS) is 17.0. The highest BCUT2D eigenvalue weighted by molar-refractivity contribution is 8.26. The number of carbonyl (C=O) groups excluding carboxylic acids is 1. The topological polar surface area (TPSA) is 29.5 Å². The lowest BCUT2D eigenvalue weighted by Gasteiger charge is -2.10. The maximum absolute atomic E-state index is 12.1. The predicted molar refractivity (Wildman–Crippen MR) is 92.2 cm³/mol. The zero-order valence-electron chi connectivity index (χ0n) is 11.6. The van der Waals surface area contributed by atoms with Gasteiger partial charge in [-0.3, -0.25) is 9.69 Å². The number of amides is 1. The lowest BCUT2D eigenvalue weighted by molar-refractivity contribution is -0.121. The molecule has 3 nitrogen and oxygen atoms in total. The van der Waals surface area contributed by atoms with Gasteiger partial charge in [0.05, 0.1) is 12.0 Å². The molecule has 0 bridgehead atoms. The molecular formula is C16H15NO2S2. The number of benzene rings is 1. The number of nitrogens with zero attached hydrogens (tertiary/aromatic N) is 1. The van der Waals surface area contributed by atoms with Crippen molar-refractivity contribution < 1.29 is 9.53 Å². The highest BCUT2D eigenvalue weighted by Crippen LogP contribution is 2.30. The van der Waals surface area contributed by atoms with Crippen molar-refractivity contribution in [2.45, 2.75) is 0 Å². The van der Waals surface area contributed by atoms with Crippen molar-refractivity contribution in [2.75, 3.05) is 13.7 Å². The van der Waals surface area contributed by atoms with Crippen molar-refractivity contribution >= 4 is 40.3 Å². The molecule has 1 amide bonds. The molecule has 0 spiro atoms. The number of allylic oxidation sites excluding steroid dienone is 2. The molecule has 0 saturated carbocycles. The molecule has 1 saturated heterocycles. The molecule has 0 aromatic heterocycles. The molecule has 0 atom stereocenters. The highest BCUT2D eigenvalue weighted by Gasteiger charge is 2.30. The van der Waals surface area contributed by atoms with Crippen LogP contribution >= 0.6 is 24.0 Å². The summed E-state index contributed by atoms with van der Waals surface area (Å²) in [5.41, 5.74) is 1.04. The number of carbonyl (C=O) groups is 1. The third-order valence-electron chi connectivity index (χ3n) is 2.84. The third kappa shape index (κ3) is 3.83. The number of hydrogen-bond donors (Lipinski definition) is 0. The quantitative estimate of drug-likeness (QED) is 0.471. The smallest absolute Gasteiger partial charge is 0.266 e. The Morgan fingerprint density at radius 2 is 2.10 bits per heavy atom. The molecular weight excluding hydrogens is 302 g/mol. The number of thioether (sulfide) groups is 1. The van der Waals surface area contributed by atoms with Crippen molar-refractivity contribution in [1.29, 1.82) is 0 Å². The number of thiocarbonyl (C=S) groups is 1. The van der Waals surface area contributed by atoms with Crippen LogP contribution in [0.5, 0.6) is 5.75 Å². The monoisotopic (exact) mass is 317 g/mol. The number of ether oxygens (including phenoxy) is 1. The standard InChI is InChI=1S/C16H15NO2S2/c1-3-11-17-15(18)14(21-16(17)20)6-4-5-12-7-9-13(19-2)10-8-12/h3-10H,1,11H2,2H3. The third-order valence-corrected chi connectivity index (χ3v) is 4.23. The van der Waals surface area contributed by atoms with Crippen LogP contribution in [0.2, 0.25) is 0 Å². The van der Waals surface area contributed by atoms with Gasteiger partial charge in [0.1, 0.15) is 10.1 Å². The predicted octanol–water partition coefficient (Wildman–Crippen LogP) is 3.64. The number of methoxy groups -OCH3 is 1. The Hall–Kier alpha value is -1.85. The molecule has 0 aliphatic carbocycles. The van der Waals surface area contributed by atoms with Crippen LogP contribution in [-0.4, -0.2) is 28.8 Å². The molecule has 108 valence electrons. The maximum Gasteiger partial charge on any atom is 0.266 e. The first-order chi connectivity index (χ1) is 10.2. The second-order valence-corrected chi connectivity index (χ2v) is 5.91. The van der Waals surface area contributed by atoms with Crippen LogP contribution in [0.3, 0.4) is 0 Å². The van der Waals surface area contributed by atoms with E-state index in [0.29, 0.717) is 15.8 Å². The van der Waals surface area contributed by atoms with E-state index in [1.165, 1.54) is 11.8 Å². The van der Waals surface area contributed by atoms with Gasteiger partial charge in [-0.2, -0.15) is 0 Å². The van der Waals surface area contributed by atoms with E-state index in [0.717, 1.165) is 11.3 Å². The molecule has 5 heteroatoms. The molecule has 0 unspecified atom stereocenters. The van der Waals surface area contributed by atoms with E-state index in [1.54, 1.807) is 24.2 Å². The lowest BCUT2D eigenvalue weighted by Crippen LogP contribution is -2.27. The fourth-order valence-corrected chi connectivity index (χ4v) is 2.99. The van der Waals surface area contributed by atoms with E-state index in [1.807, 2.05) is 36.4 Å². The second kappa shape index (κ2) is 7.24. The average Bonchev–Trinajstić information content (AvgIpc) is 2.76. The van der Waals surface area contributed by atoms with E-state index in [4.69, 9.17) is 17.0 Å². The Bertz CT molecular complexity index is 618. The summed E-state index contributed by atoms with van der Waals surface area (Å²) in [5, 5.41) is 0. The summed E-state index contributed by atoms with van der Waals surface area (Å²) in [7, 11) is 1.64. The first-order valence-electron chi connectivity index (χ1n) is 6.32. The van der Waals surface area contributed by atoms with Crippen molar-refractivity contribution in [1.82, 2.24) is 4.90 Å². The molecule has 1 aliphatic rings. The minimum Gasteiger partial charge on any atom is -0.497 e. The van der Waals surface area contributed by atoms with E-state index < -0.39 is 0 Å². The lowest BCUT2D eigenvalue weighted by atomic mass is 10.2. The van der Waals surface area contributed by atoms with Crippen LogP contribution < -0.4 is 4.74 Å². The molecule has 1 heterocycles. The van der Waals surface area contributed by atoms with Gasteiger partial charge in [0.2, 0.25) is 0 Å². The van der Waals surface area contributed by atoms with Crippen LogP contribution in [0.4, 0.5) is 0 Å². The molecule has 0 N–H and O–H groups in total. The van der Waals surface area contributed by atoms with Gasteiger partial charge < -0.3 is 4.74 Å². The molecule has 1 aromatic rings. The Morgan fingerprint density at radius 1 is 1.38 bits per heavy atom. The van der Waals surface area contributed by atoms with Gasteiger partial charge >= 0.3 is 0 Å². The van der Waals surface area contributed by atoms with Gasteiger partial charge in [-0.05, 0) is 23.8 Å². The Labute approximate surface area is 134 Å². The molecule has 0 radical (unpaired) electrons. The van der Waals surface area contributed by atoms with Gasteiger partial charge in [-0.25, -0.2) is 0 Å². The molecule has 1 aliphatic heterocycles. The van der Waals surface area contributed by atoms with Crippen LogP contribution in [0.25, 0.3) is 6.08 Å². The summed E-state index contributed by atoms with van der Waals surface area (Å²) in [6.45, 7) is 4.08. The summed E-state index contributed by atoms with van der Waals surface area (Å²) < 4.78 is 5.68. The van der Waals surface area contributed by atoms with Crippen LogP contribution in [0, 0.1) is 0 Å². The summed E-state index contributed by atoms with van der Waals surface area (Å²) in [6, 6.07) is 7.69. The highest BCUT2D eigenvalue weighted by atomic mass is 32.2. The Kier molecular flexibility index (Phi) is 5.36. The zero-order valence-corrected chi connectivity index (χ0v) is 13.2. The summed E-state index contributed by atoms with van der Waals surface area (Å²) in [4.78, 5) is 14.3. The van der Waals surface area contributed by atoms with E-state index >= 15 is 0 Å². The summed E-state index contributed by atoms with van der Waals surface area (Å²) in [5.74, 6) is 0.752. The largest absolute Gasteiger partial charge is 0.497 e. The van der Waals surface area contributed by atoms with Crippen molar-refractivity contribution in [3.63, 3.8) is 0 Å². The van der Waals surface area contributed by atoms with Crippen LogP contribution in [0.1, 0.15) is 5.56 Å². The SMILES string of the molecule is C=CCN1C(=O)C(=CC=Cc2ccc(OC)cc2)SC1=S. The minimum absolute atomic E-state index is 0.0655. The Morgan fingerprint density at radius 3 is 2.71 bits per heavy atom. The van der Waals surface area contributed by atoms with Gasteiger partial charge in [0.15, 0.2) is 0 Å². The van der Waals surface area contributed by atoms with Crippen molar-refractivity contribution in [3.8, 4) is 5.75 Å². The average molecular weight is 317 g/mol. The van der Waals surface area contributed by atoms with E-state index in [-0.39, 0.29) is 5.91 Å². The second-order valence-electron chi connectivity index (χ2n) is 4.24. The minimum atomic E-state index is -0.0655. The maximum atomic E-state index is 12.1.